The molecule has 1 aromatic carbocycles. The maximum absolute atomic E-state index is 12.3. The van der Waals surface area contributed by atoms with Crippen molar-refractivity contribution >= 4 is 11.6 Å². The molecule has 0 aliphatic rings. The maximum Gasteiger partial charge on any atom is 0.226 e. The Morgan fingerprint density at radius 2 is 1.89 bits per heavy atom. The molecule has 3 heteroatoms. The van der Waals surface area contributed by atoms with Gasteiger partial charge in [0.25, 0.3) is 0 Å². The molecule has 0 aliphatic carbocycles. The molecule has 0 saturated carbocycles. The zero-order valence-corrected chi connectivity index (χ0v) is 12.4. The molecular formula is C16H26N2O. The van der Waals surface area contributed by atoms with Crippen LogP contribution in [0.3, 0.4) is 0 Å². The highest BCUT2D eigenvalue weighted by Crippen LogP contribution is 2.18. The molecule has 0 unspecified atom stereocenters. The predicted molar refractivity (Wildman–Crippen MR) is 81.0 cm³/mol. The monoisotopic (exact) mass is 262 g/mol. The molecule has 1 amide bonds. The van der Waals surface area contributed by atoms with E-state index >= 15 is 0 Å². The summed E-state index contributed by atoms with van der Waals surface area (Å²) in [6, 6.07) is 7.97. The van der Waals surface area contributed by atoms with Crippen molar-refractivity contribution in [2.24, 2.45) is 11.7 Å². The van der Waals surface area contributed by atoms with Gasteiger partial charge in [0.15, 0.2) is 0 Å². The van der Waals surface area contributed by atoms with Gasteiger partial charge in [0, 0.05) is 25.2 Å². The second-order valence-corrected chi connectivity index (χ2v) is 5.35. The van der Waals surface area contributed by atoms with E-state index in [0.29, 0.717) is 18.9 Å². The SMILES string of the molecule is CCCN(C(=O)CCC(C)C)c1ccc(CN)cc1. The van der Waals surface area contributed by atoms with Crippen LogP contribution in [0, 0.1) is 5.92 Å². The third-order valence-electron chi connectivity index (χ3n) is 3.17. The minimum absolute atomic E-state index is 0.219. The summed E-state index contributed by atoms with van der Waals surface area (Å²) >= 11 is 0. The number of anilines is 1. The number of carbonyl (C=O) groups excluding carboxylic acids is 1. The van der Waals surface area contributed by atoms with Crippen LogP contribution in [0.15, 0.2) is 24.3 Å². The molecule has 0 aromatic heterocycles. The number of carbonyl (C=O) groups is 1. The van der Waals surface area contributed by atoms with E-state index in [0.717, 1.165) is 30.6 Å². The van der Waals surface area contributed by atoms with E-state index in [-0.39, 0.29) is 5.91 Å². The Labute approximate surface area is 116 Å². The first kappa shape index (κ1) is 15.7. The molecule has 0 heterocycles. The number of amides is 1. The van der Waals surface area contributed by atoms with Crippen LogP contribution in [0.5, 0.6) is 0 Å². The van der Waals surface area contributed by atoms with Crippen LogP contribution in [-0.4, -0.2) is 12.5 Å². The summed E-state index contributed by atoms with van der Waals surface area (Å²) in [7, 11) is 0. The fourth-order valence-electron chi connectivity index (χ4n) is 1.98. The fourth-order valence-corrected chi connectivity index (χ4v) is 1.98. The highest BCUT2D eigenvalue weighted by atomic mass is 16.2. The number of rotatable bonds is 7. The Kier molecular flexibility index (Phi) is 6.57. The molecule has 0 aliphatic heterocycles. The molecule has 106 valence electrons. The third kappa shape index (κ3) is 5.03. The first-order chi connectivity index (χ1) is 9.08. The molecule has 0 fully saturated rings. The van der Waals surface area contributed by atoms with E-state index in [1.54, 1.807) is 0 Å². The lowest BCUT2D eigenvalue weighted by atomic mass is 10.1. The standard InChI is InChI=1S/C16H26N2O/c1-4-11-18(16(19)10-5-13(2)3)15-8-6-14(12-17)7-9-15/h6-9,13H,4-5,10-12,17H2,1-3H3. The Bertz CT molecular complexity index is 384. The largest absolute Gasteiger partial charge is 0.326 e. The van der Waals surface area contributed by atoms with Crippen molar-refractivity contribution in [2.75, 3.05) is 11.4 Å². The Morgan fingerprint density at radius 3 is 2.37 bits per heavy atom. The first-order valence-electron chi connectivity index (χ1n) is 7.17. The van der Waals surface area contributed by atoms with Gasteiger partial charge in [0.05, 0.1) is 0 Å². The lowest BCUT2D eigenvalue weighted by molar-refractivity contribution is -0.118. The van der Waals surface area contributed by atoms with E-state index in [1.165, 1.54) is 0 Å². The summed E-state index contributed by atoms with van der Waals surface area (Å²) in [6.07, 6.45) is 2.53. The van der Waals surface area contributed by atoms with E-state index in [2.05, 4.69) is 20.8 Å². The first-order valence-corrected chi connectivity index (χ1v) is 7.17. The summed E-state index contributed by atoms with van der Waals surface area (Å²) in [4.78, 5) is 14.2. The van der Waals surface area contributed by atoms with Gasteiger partial charge in [-0.15, -0.1) is 0 Å². The van der Waals surface area contributed by atoms with Gasteiger partial charge in [-0.2, -0.15) is 0 Å². The molecule has 0 atom stereocenters. The van der Waals surface area contributed by atoms with Crippen LogP contribution in [0.4, 0.5) is 5.69 Å². The fraction of sp³-hybridized carbons (Fsp3) is 0.562. The van der Waals surface area contributed by atoms with Crippen LogP contribution in [0.2, 0.25) is 0 Å². The number of nitrogens with two attached hydrogens (primary N) is 1. The second-order valence-electron chi connectivity index (χ2n) is 5.35. The Balaban J connectivity index is 2.77. The van der Waals surface area contributed by atoms with Crippen molar-refractivity contribution in [3.05, 3.63) is 29.8 Å². The Morgan fingerprint density at radius 1 is 1.26 bits per heavy atom. The molecule has 0 saturated heterocycles. The molecule has 1 rings (SSSR count). The van der Waals surface area contributed by atoms with Gasteiger partial charge in [-0.3, -0.25) is 4.79 Å². The highest BCUT2D eigenvalue weighted by molar-refractivity contribution is 5.93. The number of hydrogen-bond acceptors (Lipinski definition) is 2. The maximum atomic E-state index is 12.3. The van der Waals surface area contributed by atoms with Gasteiger partial charge in [-0.05, 0) is 36.5 Å². The van der Waals surface area contributed by atoms with Crippen molar-refractivity contribution in [1.82, 2.24) is 0 Å². The molecule has 2 N–H and O–H groups in total. The minimum atomic E-state index is 0.219. The zero-order valence-electron chi connectivity index (χ0n) is 12.4. The summed E-state index contributed by atoms with van der Waals surface area (Å²) in [6.45, 7) is 7.70. The zero-order chi connectivity index (χ0) is 14.3. The third-order valence-corrected chi connectivity index (χ3v) is 3.17. The van der Waals surface area contributed by atoms with E-state index in [1.807, 2.05) is 29.2 Å². The number of hydrogen-bond donors (Lipinski definition) is 1. The average Bonchev–Trinajstić information content (AvgIpc) is 2.42. The van der Waals surface area contributed by atoms with Gasteiger partial charge in [-0.25, -0.2) is 0 Å². The lowest BCUT2D eigenvalue weighted by Gasteiger charge is -2.23. The molecule has 0 bridgehead atoms. The van der Waals surface area contributed by atoms with Crippen molar-refractivity contribution in [3.8, 4) is 0 Å². The van der Waals surface area contributed by atoms with E-state index in [4.69, 9.17) is 5.73 Å². The molecule has 1 aromatic rings. The van der Waals surface area contributed by atoms with Crippen LogP contribution >= 0.6 is 0 Å². The van der Waals surface area contributed by atoms with Crippen molar-refractivity contribution < 1.29 is 4.79 Å². The van der Waals surface area contributed by atoms with Crippen LogP contribution in [-0.2, 0) is 11.3 Å². The molecule has 19 heavy (non-hydrogen) atoms. The quantitative estimate of drug-likeness (QED) is 0.819. The minimum Gasteiger partial charge on any atom is -0.326 e. The summed E-state index contributed by atoms with van der Waals surface area (Å²) in [5, 5.41) is 0. The van der Waals surface area contributed by atoms with Gasteiger partial charge < -0.3 is 10.6 Å². The summed E-state index contributed by atoms with van der Waals surface area (Å²) in [5.41, 5.74) is 7.67. The number of benzene rings is 1. The highest BCUT2D eigenvalue weighted by Gasteiger charge is 2.14. The van der Waals surface area contributed by atoms with Crippen molar-refractivity contribution in [3.63, 3.8) is 0 Å². The van der Waals surface area contributed by atoms with Crippen molar-refractivity contribution in [1.29, 1.82) is 0 Å². The van der Waals surface area contributed by atoms with E-state index < -0.39 is 0 Å². The second kappa shape index (κ2) is 7.95. The topological polar surface area (TPSA) is 46.3 Å². The normalized spacial score (nSPS) is 10.8. The van der Waals surface area contributed by atoms with Gasteiger partial charge >= 0.3 is 0 Å². The predicted octanol–water partition coefficient (Wildman–Crippen LogP) is 3.32. The van der Waals surface area contributed by atoms with Crippen LogP contribution in [0.25, 0.3) is 0 Å². The van der Waals surface area contributed by atoms with Gasteiger partial charge in [0.2, 0.25) is 5.91 Å². The smallest absolute Gasteiger partial charge is 0.226 e. The van der Waals surface area contributed by atoms with E-state index in [9.17, 15) is 4.79 Å². The van der Waals surface area contributed by atoms with Crippen LogP contribution < -0.4 is 10.6 Å². The summed E-state index contributed by atoms with van der Waals surface area (Å²) < 4.78 is 0. The lowest BCUT2D eigenvalue weighted by Crippen LogP contribution is -2.31. The van der Waals surface area contributed by atoms with Gasteiger partial charge in [0.1, 0.15) is 0 Å². The van der Waals surface area contributed by atoms with Gasteiger partial charge in [-0.1, -0.05) is 32.9 Å². The molecule has 0 spiro atoms. The average molecular weight is 262 g/mol. The van der Waals surface area contributed by atoms with Crippen molar-refractivity contribution in [2.45, 2.75) is 46.6 Å². The number of nitrogens with zero attached hydrogens (tertiary/aromatic N) is 1. The summed E-state index contributed by atoms with van der Waals surface area (Å²) in [5.74, 6) is 0.781. The van der Waals surface area contributed by atoms with Crippen LogP contribution in [0.1, 0.15) is 45.6 Å². The molecular weight excluding hydrogens is 236 g/mol. The molecule has 0 radical (unpaired) electrons. The Hall–Kier alpha value is -1.35. The molecule has 3 nitrogen and oxygen atoms in total.